The van der Waals surface area contributed by atoms with Crippen molar-refractivity contribution in [2.24, 2.45) is 0 Å². The number of carbonyl (C=O) groups is 1. The maximum absolute atomic E-state index is 12.2. The van der Waals surface area contributed by atoms with Gasteiger partial charge in [0.25, 0.3) is 5.91 Å². The van der Waals surface area contributed by atoms with Gasteiger partial charge in [-0.2, -0.15) is 0 Å². The maximum atomic E-state index is 12.2. The van der Waals surface area contributed by atoms with E-state index in [-0.39, 0.29) is 18.3 Å². The highest BCUT2D eigenvalue weighted by Gasteiger charge is 2.16. The van der Waals surface area contributed by atoms with E-state index in [0.29, 0.717) is 41.8 Å². The fourth-order valence-electron chi connectivity index (χ4n) is 1.88. The second-order valence-electron chi connectivity index (χ2n) is 4.78. The lowest BCUT2D eigenvalue weighted by Gasteiger charge is -2.15. The summed E-state index contributed by atoms with van der Waals surface area (Å²) in [5.74, 6) is 0.835. The van der Waals surface area contributed by atoms with Gasteiger partial charge in [0.2, 0.25) is 0 Å². The number of nitrogens with one attached hydrogen (secondary N) is 2. The van der Waals surface area contributed by atoms with Gasteiger partial charge in [0.05, 0.1) is 18.2 Å². The lowest BCUT2D eigenvalue weighted by molar-refractivity contribution is 0.0952. The summed E-state index contributed by atoms with van der Waals surface area (Å²) in [6.45, 7) is 6.38. The summed E-state index contributed by atoms with van der Waals surface area (Å²) in [5.41, 5.74) is 0.474. The topological polar surface area (TPSA) is 59.6 Å². The second kappa shape index (κ2) is 12.3. The molecule has 0 spiro atoms. The Morgan fingerprint density at radius 1 is 1.22 bits per heavy atom. The largest absolute Gasteiger partial charge is 0.490 e. The molecule has 1 rings (SSSR count). The van der Waals surface area contributed by atoms with Gasteiger partial charge in [0.1, 0.15) is 0 Å². The van der Waals surface area contributed by atoms with E-state index in [9.17, 15) is 4.79 Å². The third-order valence-corrected chi connectivity index (χ3v) is 3.19. The van der Waals surface area contributed by atoms with Gasteiger partial charge in [0.15, 0.2) is 11.5 Å². The molecule has 1 aromatic rings. The predicted octanol–water partition coefficient (Wildman–Crippen LogP) is 3.29. The van der Waals surface area contributed by atoms with Crippen LogP contribution in [0.15, 0.2) is 12.1 Å². The summed E-state index contributed by atoms with van der Waals surface area (Å²) in [6.07, 6.45) is 1.74. The van der Waals surface area contributed by atoms with E-state index in [4.69, 9.17) is 21.1 Å². The number of ether oxygens (including phenoxy) is 2. The van der Waals surface area contributed by atoms with Gasteiger partial charge in [-0.15, -0.1) is 12.4 Å². The van der Waals surface area contributed by atoms with Crippen LogP contribution in [-0.2, 0) is 0 Å². The summed E-state index contributed by atoms with van der Waals surface area (Å²) in [7, 11) is 1.88. The molecule has 0 heterocycles. The number of benzene rings is 1. The van der Waals surface area contributed by atoms with Crippen LogP contribution in [-0.4, -0.2) is 39.3 Å². The first kappa shape index (κ1) is 21.8. The molecule has 0 aliphatic heterocycles. The van der Waals surface area contributed by atoms with Gasteiger partial charge in [-0.1, -0.05) is 18.5 Å². The maximum Gasteiger partial charge on any atom is 0.251 e. The van der Waals surface area contributed by atoms with E-state index in [0.717, 1.165) is 19.4 Å². The van der Waals surface area contributed by atoms with Crippen LogP contribution in [0.5, 0.6) is 11.5 Å². The Morgan fingerprint density at radius 3 is 2.57 bits per heavy atom. The standard InChI is InChI=1S/C16H25ClN2O3.ClH/c1-4-9-22-15-13(17)10-12(11-14(15)21-5-2)16(20)19-8-6-7-18-3;/h10-11,18H,4-9H2,1-3H3,(H,19,20);1H. The molecule has 0 bridgehead atoms. The van der Waals surface area contributed by atoms with E-state index >= 15 is 0 Å². The first-order chi connectivity index (χ1) is 10.6. The molecule has 0 aliphatic rings. The second-order valence-corrected chi connectivity index (χ2v) is 5.19. The van der Waals surface area contributed by atoms with Crippen molar-refractivity contribution in [2.45, 2.75) is 26.7 Å². The van der Waals surface area contributed by atoms with Crippen molar-refractivity contribution in [3.05, 3.63) is 22.7 Å². The highest BCUT2D eigenvalue weighted by atomic mass is 35.5. The summed E-state index contributed by atoms with van der Waals surface area (Å²) >= 11 is 6.24. The zero-order valence-electron chi connectivity index (χ0n) is 13.9. The van der Waals surface area contributed by atoms with Crippen molar-refractivity contribution in [2.75, 3.05) is 33.4 Å². The first-order valence-corrected chi connectivity index (χ1v) is 8.03. The summed E-state index contributed by atoms with van der Waals surface area (Å²) in [4.78, 5) is 12.2. The van der Waals surface area contributed by atoms with Crippen LogP contribution in [0.2, 0.25) is 5.02 Å². The number of hydrogen-bond acceptors (Lipinski definition) is 4. The molecule has 0 saturated heterocycles. The highest BCUT2D eigenvalue weighted by molar-refractivity contribution is 6.32. The van der Waals surface area contributed by atoms with Gasteiger partial charge in [-0.05, 0) is 45.5 Å². The van der Waals surface area contributed by atoms with E-state index in [1.54, 1.807) is 12.1 Å². The molecule has 0 unspecified atom stereocenters. The van der Waals surface area contributed by atoms with Crippen LogP contribution < -0.4 is 20.1 Å². The molecule has 0 atom stereocenters. The summed E-state index contributed by atoms with van der Waals surface area (Å²) in [5, 5.41) is 6.28. The monoisotopic (exact) mass is 364 g/mol. The van der Waals surface area contributed by atoms with Crippen LogP contribution in [0.4, 0.5) is 0 Å². The normalized spacial score (nSPS) is 9.91. The fourth-order valence-corrected chi connectivity index (χ4v) is 2.14. The molecule has 0 saturated carbocycles. The van der Waals surface area contributed by atoms with Gasteiger partial charge < -0.3 is 20.1 Å². The molecule has 0 radical (unpaired) electrons. The highest BCUT2D eigenvalue weighted by Crippen LogP contribution is 2.36. The van der Waals surface area contributed by atoms with Gasteiger partial charge in [-0.3, -0.25) is 4.79 Å². The Labute approximate surface area is 149 Å². The van der Waals surface area contributed by atoms with Gasteiger partial charge >= 0.3 is 0 Å². The van der Waals surface area contributed by atoms with E-state index in [1.807, 2.05) is 20.9 Å². The number of rotatable bonds is 10. The van der Waals surface area contributed by atoms with Crippen LogP contribution in [0.1, 0.15) is 37.0 Å². The molecule has 23 heavy (non-hydrogen) atoms. The fraction of sp³-hybridized carbons (Fsp3) is 0.562. The molecule has 0 fully saturated rings. The Hall–Kier alpha value is -1.17. The summed E-state index contributed by atoms with van der Waals surface area (Å²) < 4.78 is 11.2. The van der Waals surface area contributed by atoms with E-state index < -0.39 is 0 Å². The quantitative estimate of drug-likeness (QED) is 0.625. The molecule has 1 amide bonds. The molecule has 132 valence electrons. The Kier molecular flexibility index (Phi) is 11.7. The minimum Gasteiger partial charge on any atom is -0.490 e. The lowest BCUT2D eigenvalue weighted by atomic mass is 10.2. The van der Waals surface area contributed by atoms with Crippen molar-refractivity contribution in [3.8, 4) is 11.5 Å². The third-order valence-electron chi connectivity index (χ3n) is 2.91. The predicted molar refractivity (Wildman–Crippen MR) is 96.5 cm³/mol. The van der Waals surface area contributed by atoms with Gasteiger partial charge in [0, 0.05) is 12.1 Å². The lowest BCUT2D eigenvalue weighted by Crippen LogP contribution is -2.26. The molecule has 7 heteroatoms. The Balaban J connectivity index is 0.00000484. The molecule has 1 aromatic carbocycles. The van der Waals surface area contributed by atoms with Crippen molar-refractivity contribution >= 4 is 29.9 Å². The first-order valence-electron chi connectivity index (χ1n) is 7.65. The minimum atomic E-state index is -0.166. The zero-order valence-corrected chi connectivity index (χ0v) is 15.5. The van der Waals surface area contributed by atoms with Crippen molar-refractivity contribution < 1.29 is 14.3 Å². The Bertz CT molecular complexity index is 485. The number of hydrogen-bond donors (Lipinski definition) is 2. The van der Waals surface area contributed by atoms with Crippen molar-refractivity contribution in [1.29, 1.82) is 0 Å². The molecule has 0 aromatic heterocycles. The molecule has 5 nitrogen and oxygen atoms in total. The van der Waals surface area contributed by atoms with Crippen molar-refractivity contribution in [3.63, 3.8) is 0 Å². The minimum absolute atomic E-state index is 0. The van der Waals surface area contributed by atoms with E-state index in [1.165, 1.54) is 0 Å². The molecular formula is C16H26Cl2N2O3. The average molecular weight is 365 g/mol. The van der Waals surface area contributed by atoms with Crippen molar-refractivity contribution in [1.82, 2.24) is 10.6 Å². The van der Waals surface area contributed by atoms with Crippen LogP contribution in [0, 0.1) is 0 Å². The number of amides is 1. The van der Waals surface area contributed by atoms with Crippen LogP contribution in [0.25, 0.3) is 0 Å². The SMILES string of the molecule is CCCOc1c(Cl)cc(C(=O)NCCCNC)cc1OCC.Cl. The smallest absolute Gasteiger partial charge is 0.251 e. The van der Waals surface area contributed by atoms with E-state index in [2.05, 4.69) is 10.6 Å². The average Bonchev–Trinajstić information content (AvgIpc) is 2.50. The van der Waals surface area contributed by atoms with Crippen LogP contribution in [0.3, 0.4) is 0 Å². The molecular weight excluding hydrogens is 339 g/mol. The molecule has 0 aliphatic carbocycles. The third kappa shape index (κ3) is 7.29. The number of halogens is 2. The molecule has 2 N–H and O–H groups in total. The van der Waals surface area contributed by atoms with Crippen LogP contribution >= 0.6 is 24.0 Å². The number of carbonyl (C=O) groups excluding carboxylic acids is 1. The summed E-state index contributed by atoms with van der Waals surface area (Å²) in [6, 6.07) is 3.29. The van der Waals surface area contributed by atoms with Gasteiger partial charge in [-0.25, -0.2) is 0 Å². The zero-order chi connectivity index (χ0) is 16.4. The Morgan fingerprint density at radius 2 is 1.96 bits per heavy atom.